The van der Waals surface area contributed by atoms with Crippen LogP contribution in [-0.2, 0) is 0 Å². The van der Waals surface area contributed by atoms with Crippen LogP contribution in [0, 0.1) is 11.3 Å². The van der Waals surface area contributed by atoms with Gasteiger partial charge in [-0.25, -0.2) is 0 Å². The second kappa shape index (κ2) is 5.61. The molecule has 2 heteroatoms. The molecule has 0 amide bonds. The van der Waals surface area contributed by atoms with Crippen LogP contribution in [0.5, 0.6) is 0 Å². The van der Waals surface area contributed by atoms with Crippen molar-refractivity contribution in [1.29, 1.82) is 0 Å². The molecule has 1 aliphatic heterocycles. The van der Waals surface area contributed by atoms with E-state index < -0.39 is 0 Å². The van der Waals surface area contributed by atoms with Gasteiger partial charge in [0, 0.05) is 31.2 Å². The first-order valence-electron chi connectivity index (χ1n) is 9.01. The van der Waals surface area contributed by atoms with Gasteiger partial charge in [-0.3, -0.25) is 4.90 Å². The van der Waals surface area contributed by atoms with Crippen molar-refractivity contribution in [3.05, 3.63) is 0 Å². The Bertz CT molecular complexity index is 326. The molecule has 1 heterocycles. The van der Waals surface area contributed by atoms with Gasteiger partial charge in [-0.05, 0) is 37.0 Å². The first-order valence-corrected chi connectivity index (χ1v) is 9.01. The summed E-state index contributed by atoms with van der Waals surface area (Å²) in [5, 5.41) is 3.98. The van der Waals surface area contributed by atoms with Crippen molar-refractivity contribution in [1.82, 2.24) is 10.2 Å². The Kier molecular flexibility index (Phi) is 4.16. The molecule has 1 spiro atoms. The van der Waals surface area contributed by atoms with Gasteiger partial charge in [0.15, 0.2) is 0 Å². The monoisotopic (exact) mass is 278 g/mol. The summed E-state index contributed by atoms with van der Waals surface area (Å²) in [7, 11) is 0. The van der Waals surface area contributed by atoms with Gasteiger partial charge in [-0.15, -0.1) is 0 Å². The van der Waals surface area contributed by atoms with Crippen LogP contribution in [0.15, 0.2) is 0 Å². The van der Waals surface area contributed by atoms with Crippen LogP contribution in [0.4, 0.5) is 0 Å². The molecule has 3 fully saturated rings. The zero-order valence-corrected chi connectivity index (χ0v) is 13.9. The summed E-state index contributed by atoms with van der Waals surface area (Å²) in [6, 6.07) is 0.750. The van der Waals surface area contributed by atoms with E-state index in [0.717, 1.165) is 12.0 Å². The van der Waals surface area contributed by atoms with Crippen LogP contribution in [0.25, 0.3) is 0 Å². The van der Waals surface area contributed by atoms with Gasteiger partial charge in [-0.2, -0.15) is 0 Å². The average molecular weight is 278 g/mol. The van der Waals surface area contributed by atoms with Crippen LogP contribution in [0.1, 0.15) is 72.1 Å². The molecule has 1 atom stereocenters. The lowest BCUT2D eigenvalue weighted by Crippen LogP contribution is -2.67. The van der Waals surface area contributed by atoms with E-state index in [1.807, 2.05) is 0 Å². The van der Waals surface area contributed by atoms with Crippen molar-refractivity contribution < 1.29 is 0 Å². The normalized spacial score (nSPS) is 33.3. The number of nitrogens with one attached hydrogen (secondary N) is 1. The zero-order chi connectivity index (χ0) is 14.2. The molecule has 3 aliphatic rings. The Morgan fingerprint density at radius 1 is 1.05 bits per heavy atom. The lowest BCUT2D eigenvalue weighted by Gasteiger charge is -2.54. The quantitative estimate of drug-likeness (QED) is 0.844. The molecule has 116 valence electrons. The van der Waals surface area contributed by atoms with E-state index in [2.05, 4.69) is 31.0 Å². The highest BCUT2D eigenvalue weighted by molar-refractivity contribution is 5.02. The molecule has 2 saturated carbocycles. The molecule has 0 aromatic heterocycles. The maximum atomic E-state index is 3.98. The predicted octanol–water partition coefficient (Wildman–Crippen LogP) is 3.81. The van der Waals surface area contributed by atoms with Crippen LogP contribution in [0.2, 0.25) is 0 Å². The Balaban J connectivity index is 1.70. The summed E-state index contributed by atoms with van der Waals surface area (Å²) >= 11 is 0. The summed E-state index contributed by atoms with van der Waals surface area (Å²) in [4.78, 5) is 2.88. The molecular weight excluding hydrogens is 244 g/mol. The Labute approximate surface area is 125 Å². The number of piperazine rings is 1. The molecule has 0 aromatic rings. The third-order valence-corrected chi connectivity index (χ3v) is 6.39. The first-order chi connectivity index (χ1) is 9.52. The third kappa shape index (κ3) is 2.92. The number of rotatable bonds is 3. The summed E-state index contributed by atoms with van der Waals surface area (Å²) < 4.78 is 0. The van der Waals surface area contributed by atoms with Crippen LogP contribution < -0.4 is 5.32 Å². The topological polar surface area (TPSA) is 15.3 Å². The van der Waals surface area contributed by atoms with Gasteiger partial charge < -0.3 is 5.32 Å². The highest BCUT2D eigenvalue weighted by Crippen LogP contribution is 2.43. The SMILES string of the molecule is CC(C)C1CNC2(CCCCC2)CN1CC1(C)CCC1. The lowest BCUT2D eigenvalue weighted by atomic mass is 9.69. The van der Waals surface area contributed by atoms with Gasteiger partial charge in [0.2, 0.25) is 0 Å². The first kappa shape index (κ1) is 14.8. The zero-order valence-electron chi connectivity index (χ0n) is 13.9. The van der Waals surface area contributed by atoms with Crippen LogP contribution in [0.3, 0.4) is 0 Å². The number of hydrogen-bond donors (Lipinski definition) is 1. The third-order valence-electron chi connectivity index (χ3n) is 6.39. The Hall–Kier alpha value is -0.0800. The van der Waals surface area contributed by atoms with Crippen molar-refractivity contribution in [2.75, 3.05) is 19.6 Å². The van der Waals surface area contributed by atoms with Gasteiger partial charge in [0.25, 0.3) is 0 Å². The van der Waals surface area contributed by atoms with E-state index in [0.29, 0.717) is 11.0 Å². The minimum absolute atomic E-state index is 0.462. The van der Waals surface area contributed by atoms with Gasteiger partial charge in [0.1, 0.15) is 0 Å². The van der Waals surface area contributed by atoms with Gasteiger partial charge >= 0.3 is 0 Å². The molecule has 20 heavy (non-hydrogen) atoms. The van der Waals surface area contributed by atoms with Crippen molar-refractivity contribution in [3.8, 4) is 0 Å². The largest absolute Gasteiger partial charge is 0.308 e. The summed E-state index contributed by atoms with van der Waals surface area (Å²) in [5.41, 5.74) is 1.09. The summed E-state index contributed by atoms with van der Waals surface area (Å²) in [6.45, 7) is 11.2. The van der Waals surface area contributed by atoms with Crippen molar-refractivity contribution in [3.63, 3.8) is 0 Å². The highest BCUT2D eigenvalue weighted by atomic mass is 15.3. The fourth-order valence-electron chi connectivity index (χ4n) is 4.83. The average Bonchev–Trinajstić information content (AvgIpc) is 2.37. The maximum absolute atomic E-state index is 3.98. The fourth-order valence-corrected chi connectivity index (χ4v) is 4.83. The lowest BCUT2D eigenvalue weighted by molar-refractivity contribution is -0.0115. The number of nitrogens with zero attached hydrogens (tertiary/aromatic N) is 1. The van der Waals surface area contributed by atoms with Crippen molar-refractivity contribution in [2.45, 2.75) is 83.7 Å². The van der Waals surface area contributed by atoms with E-state index in [9.17, 15) is 0 Å². The van der Waals surface area contributed by atoms with Crippen LogP contribution >= 0.6 is 0 Å². The highest BCUT2D eigenvalue weighted by Gasteiger charge is 2.43. The standard InChI is InChI=1S/C18H34N2/c1-15(2)16-12-19-18(10-5-4-6-11-18)14-20(16)13-17(3)8-7-9-17/h15-16,19H,4-14H2,1-3H3. The molecule has 1 unspecified atom stereocenters. The minimum atomic E-state index is 0.462. The van der Waals surface area contributed by atoms with E-state index in [4.69, 9.17) is 0 Å². The molecule has 1 N–H and O–H groups in total. The molecule has 0 aromatic carbocycles. The molecule has 3 rings (SSSR count). The Morgan fingerprint density at radius 3 is 2.30 bits per heavy atom. The minimum Gasteiger partial charge on any atom is -0.308 e. The summed E-state index contributed by atoms with van der Waals surface area (Å²) in [6.07, 6.45) is 11.5. The van der Waals surface area contributed by atoms with Crippen molar-refractivity contribution in [2.24, 2.45) is 11.3 Å². The molecule has 2 aliphatic carbocycles. The molecule has 0 radical (unpaired) electrons. The smallest absolute Gasteiger partial charge is 0.0309 e. The van der Waals surface area contributed by atoms with E-state index in [1.54, 1.807) is 0 Å². The maximum Gasteiger partial charge on any atom is 0.0309 e. The Morgan fingerprint density at radius 2 is 1.75 bits per heavy atom. The van der Waals surface area contributed by atoms with Gasteiger partial charge in [0.05, 0.1) is 0 Å². The number of hydrogen-bond acceptors (Lipinski definition) is 2. The second-order valence-corrected chi connectivity index (χ2v) is 8.60. The summed E-state index contributed by atoms with van der Waals surface area (Å²) in [5.74, 6) is 0.770. The van der Waals surface area contributed by atoms with Crippen molar-refractivity contribution >= 4 is 0 Å². The van der Waals surface area contributed by atoms with E-state index >= 15 is 0 Å². The molecule has 1 saturated heterocycles. The molecule has 0 bridgehead atoms. The van der Waals surface area contributed by atoms with E-state index in [1.165, 1.54) is 71.0 Å². The van der Waals surface area contributed by atoms with Crippen LogP contribution in [-0.4, -0.2) is 36.1 Å². The second-order valence-electron chi connectivity index (χ2n) is 8.60. The predicted molar refractivity (Wildman–Crippen MR) is 86.0 cm³/mol. The van der Waals surface area contributed by atoms with Gasteiger partial charge in [-0.1, -0.05) is 46.5 Å². The van der Waals surface area contributed by atoms with E-state index in [-0.39, 0.29) is 0 Å². The molecular formula is C18H34N2. The molecule has 2 nitrogen and oxygen atoms in total. The fraction of sp³-hybridized carbons (Fsp3) is 1.00.